The van der Waals surface area contributed by atoms with Crippen molar-refractivity contribution in [3.8, 4) is 0 Å². The van der Waals surface area contributed by atoms with Gasteiger partial charge in [-0.2, -0.15) is 0 Å². The number of hydrogen-bond acceptors (Lipinski definition) is 3. The van der Waals surface area contributed by atoms with Crippen LogP contribution in [0.25, 0.3) is 0 Å². The van der Waals surface area contributed by atoms with Crippen LogP contribution in [0.2, 0.25) is 0 Å². The van der Waals surface area contributed by atoms with Crippen molar-refractivity contribution >= 4 is 35.8 Å². The van der Waals surface area contributed by atoms with Crippen LogP contribution in [-0.2, 0) is 4.79 Å². The van der Waals surface area contributed by atoms with Crippen LogP contribution in [0.1, 0.15) is 52.9 Å². The first kappa shape index (κ1) is 24.7. The standard InChI is InChI=1S/C16H34N4O2.HI/c1-6-10-16(22,11-7-2)13-19-15(17-8-3)18-12-9-14(21)20(4)5;/h22H,6-13H2,1-5H3,(H2,17,18,19);1H. The highest BCUT2D eigenvalue weighted by Gasteiger charge is 2.24. The van der Waals surface area contributed by atoms with E-state index in [0.717, 1.165) is 32.2 Å². The highest BCUT2D eigenvalue weighted by molar-refractivity contribution is 14.0. The molecule has 138 valence electrons. The van der Waals surface area contributed by atoms with Crippen molar-refractivity contribution in [1.82, 2.24) is 15.5 Å². The Labute approximate surface area is 158 Å². The average Bonchev–Trinajstić information content (AvgIpc) is 2.45. The highest BCUT2D eigenvalue weighted by atomic mass is 127. The predicted molar refractivity (Wildman–Crippen MR) is 107 cm³/mol. The molecule has 0 aliphatic heterocycles. The Hall–Kier alpha value is -0.570. The maximum atomic E-state index is 11.6. The minimum atomic E-state index is -0.731. The fourth-order valence-corrected chi connectivity index (χ4v) is 2.29. The minimum Gasteiger partial charge on any atom is -0.388 e. The molecule has 0 fully saturated rings. The molecule has 23 heavy (non-hydrogen) atoms. The van der Waals surface area contributed by atoms with Gasteiger partial charge in [0.1, 0.15) is 0 Å². The summed E-state index contributed by atoms with van der Waals surface area (Å²) in [4.78, 5) is 17.6. The number of guanidine groups is 1. The number of aliphatic hydroxyl groups is 1. The molecule has 0 spiro atoms. The second-order valence-electron chi connectivity index (χ2n) is 5.88. The third-order valence-corrected chi connectivity index (χ3v) is 3.44. The Morgan fingerprint density at radius 2 is 1.70 bits per heavy atom. The molecule has 0 aliphatic carbocycles. The van der Waals surface area contributed by atoms with E-state index >= 15 is 0 Å². The number of aliphatic imine (C=N–C) groups is 1. The van der Waals surface area contributed by atoms with E-state index < -0.39 is 5.60 Å². The van der Waals surface area contributed by atoms with Gasteiger partial charge < -0.3 is 20.6 Å². The Morgan fingerprint density at radius 1 is 1.13 bits per heavy atom. The van der Waals surface area contributed by atoms with Crippen LogP contribution in [0.3, 0.4) is 0 Å². The Balaban J connectivity index is 0. The number of nitrogens with zero attached hydrogens (tertiary/aromatic N) is 2. The Bertz CT molecular complexity index is 343. The largest absolute Gasteiger partial charge is 0.388 e. The van der Waals surface area contributed by atoms with Crippen LogP contribution in [0, 0.1) is 0 Å². The van der Waals surface area contributed by atoms with Gasteiger partial charge >= 0.3 is 0 Å². The maximum Gasteiger partial charge on any atom is 0.223 e. The first-order valence-corrected chi connectivity index (χ1v) is 8.33. The molecule has 0 heterocycles. The zero-order valence-corrected chi connectivity index (χ0v) is 17.6. The molecule has 0 aromatic carbocycles. The lowest BCUT2D eigenvalue weighted by molar-refractivity contribution is -0.128. The van der Waals surface area contributed by atoms with Crippen LogP contribution in [0.4, 0.5) is 0 Å². The van der Waals surface area contributed by atoms with Crippen LogP contribution < -0.4 is 10.6 Å². The summed E-state index contributed by atoms with van der Waals surface area (Å²) in [7, 11) is 3.49. The van der Waals surface area contributed by atoms with Crippen LogP contribution in [0.5, 0.6) is 0 Å². The molecule has 0 radical (unpaired) electrons. The van der Waals surface area contributed by atoms with Crippen molar-refractivity contribution in [2.45, 2.75) is 58.5 Å². The summed E-state index contributed by atoms with van der Waals surface area (Å²) in [5, 5.41) is 16.9. The molecule has 1 amide bonds. The summed E-state index contributed by atoms with van der Waals surface area (Å²) in [6, 6.07) is 0. The van der Waals surface area contributed by atoms with Gasteiger partial charge in [-0.3, -0.25) is 9.79 Å². The Morgan fingerprint density at radius 3 is 2.13 bits per heavy atom. The molecule has 7 heteroatoms. The van der Waals surface area contributed by atoms with E-state index in [4.69, 9.17) is 0 Å². The zero-order valence-electron chi connectivity index (χ0n) is 15.3. The van der Waals surface area contributed by atoms with Crippen molar-refractivity contribution < 1.29 is 9.90 Å². The van der Waals surface area contributed by atoms with Crippen molar-refractivity contribution in [1.29, 1.82) is 0 Å². The highest BCUT2D eigenvalue weighted by Crippen LogP contribution is 2.19. The fourth-order valence-electron chi connectivity index (χ4n) is 2.29. The number of carbonyl (C=O) groups is 1. The average molecular weight is 442 g/mol. The van der Waals surface area contributed by atoms with Crippen LogP contribution in [-0.4, -0.2) is 61.2 Å². The lowest BCUT2D eigenvalue weighted by Crippen LogP contribution is -2.41. The van der Waals surface area contributed by atoms with E-state index in [1.165, 1.54) is 0 Å². The normalized spacial score (nSPS) is 11.7. The monoisotopic (exact) mass is 442 g/mol. The molecule has 0 rings (SSSR count). The molecule has 0 bridgehead atoms. The van der Waals surface area contributed by atoms with Gasteiger partial charge in [0.25, 0.3) is 0 Å². The van der Waals surface area contributed by atoms with Crippen molar-refractivity contribution in [3.05, 3.63) is 0 Å². The van der Waals surface area contributed by atoms with Crippen molar-refractivity contribution in [2.75, 3.05) is 33.7 Å². The van der Waals surface area contributed by atoms with Crippen LogP contribution in [0.15, 0.2) is 4.99 Å². The van der Waals surface area contributed by atoms with Crippen molar-refractivity contribution in [2.24, 2.45) is 4.99 Å². The molecule has 0 saturated heterocycles. The molecule has 0 atom stereocenters. The topological polar surface area (TPSA) is 77.0 Å². The number of amides is 1. The van der Waals surface area contributed by atoms with Gasteiger partial charge in [0.2, 0.25) is 5.91 Å². The third kappa shape index (κ3) is 11.6. The van der Waals surface area contributed by atoms with Gasteiger partial charge in [-0.25, -0.2) is 0 Å². The number of rotatable bonds is 10. The molecular formula is C16H35IN4O2. The SMILES string of the molecule is CCCC(O)(CCC)CN=C(NCC)NCCC(=O)N(C)C.I. The van der Waals surface area contributed by atoms with Gasteiger partial charge in [-0.1, -0.05) is 26.7 Å². The fraction of sp³-hybridized carbons (Fsp3) is 0.875. The molecule has 3 N–H and O–H groups in total. The molecule has 0 saturated carbocycles. The summed E-state index contributed by atoms with van der Waals surface area (Å²) in [5.41, 5.74) is -0.731. The third-order valence-electron chi connectivity index (χ3n) is 3.44. The van der Waals surface area contributed by atoms with E-state index in [-0.39, 0.29) is 29.9 Å². The minimum absolute atomic E-state index is 0. The first-order chi connectivity index (χ1) is 10.4. The van der Waals surface area contributed by atoms with E-state index in [1.807, 2.05) is 6.92 Å². The van der Waals surface area contributed by atoms with Gasteiger partial charge in [-0.15, -0.1) is 24.0 Å². The Kier molecular flexibility index (Phi) is 14.8. The second kappa shape index (κ2) is 13.8. The summed E-state index contributed by atoms with van der Waals surface area (Å²) >= 11 is 0. The van der Waals surface area contributed by atoms with Gasteiger partial charge in [0, 0.05) is 33.6 Å². The van der Waals surface area contributed by atoms with Crippen molar-refractivity contribution in [3.63, 3.8) is 0 Å². The predicted octanol–water partition coefficient (Wildman–Crippen LogP) is 1.97. The van der Waals surface area contributed by atoms with E-state index in [9.17, 15) is 9.90 Å². The zero-order chi connectivity index (χ0) is 17.0. The smallest absolute Gasteiger partial charge is 0.223 e. The number of halogens is 1. The van der Waals surface area contributed by atoms with Gasteiger partial charge in [0.15, 0.2) is 5.96 Å². The molecule has 0 aliphatic rings. The molecule has 0 aromatic heterocycles. The number of carbonyl (C=O) groups excluding carboxylic acids is 1. The maximum absolute atomic E-state index is 11.6. The number of nitrogens with one attached hydrogen (secondary N) is 2. The lowest BCUT2D eigenvalue weighted by Gasteiger charge is -2.26. The second-order valence-corrected chi connectivity index (χ2v) is 5.88. The first-order valence-electron chi connectivity index (χ1n) is 8.33. The van der Waals surface area contributed by atoms with E-state index in [0.29, 0.717) is 25.5 Å². The van der Waals surface area contributed by atoms with Crippen LogP contribution >= 0.6 is 24.0 Å². The molecular weight excluding hydrogens is 407 g/mol. The lowest BCUT2D eigenvalue weighted by atomic mass is 9.93. The van der Waals surface area contributed by atoms with Gasteiger partial charge in [-0.05, 0) is 19.8 Å². The molecule has 0 aromatic rings. The summed E-state index contributed by atoms with van der Waals surface area (Å²) in [5.74, 6) is 0.733. The van der Waals surface area contributed by atoms with E-state index in [1.54, 1.807) is 19.0 Å². The summed E-state index contributed by atoms with van der Waals surface area (Å²) in [6.07, 6.45) is 3.80. The van der Waals surface area contributed by atoms with Gasteiger partial charge in [0.05, 0.1) is 12.1 Å². The number of hydrogen-bond donors (Lipinski definition) is 3. The summed E-state index contributed by atoms with van der Waals surface area (Å²) in [6.45, 7) is 7.79. The molecule has 6 nitrogen and oxygen atoms in total. The molecule has 0 unspecified atom stereocenters. The quantitative estimate of drug-likeness (QED) is 0.275. The summed E-state index contributed by atoms with van der Waals surface area (Å²) < 4.78 is 0. The van der Waals surface area contributed by atoms with E-state index in [2.05, 4.69) is 29.5 Å².